The van der Waals surface area contributed by atoms with Crippen LogP contribution in [0.2, 0.25) is 0 Å². The first-order valence-corrected chi connectivity index (χ1v) is 6.38. The van der Waals surface area contributed by atoms with Gasteiger partial charge in [0.25, 0.3) is 0 Å². The van der Waals surface area contributed by atoms with Crippen molar-refractivity contribution in [2.24, 2.45) is 5.84 Å². The fraction of sp³-hybridized carbons (Fsp3) is 0.667. The van der Waals surface area contributed by atoms with Crippen LogP contribution < -0.4 is 16.0 Å². The summed E-state index contributed by atoms with van der Waals surface area (Å²) < 4.78 is 15.7. The van der Waals surface area contributed by atoms with Crippen LogP contribution >= 0.6 is 0 Å². The molecule has 0 spiro atoms. The van der Waals surface area contributed by atoms with Crippen LogP contribution in [-0.4, -0.2) is 43.5 Å². The molecule has 3 N–H and O–H groups in total. The molecule has 0 aromatic carbocycles. The fourth-order valence-corrected chi connectivity index (χ4v) is 1.56. The molecule has 1 aliphatic rings. The Morgan fingerprint density at radius 3 is 2.74 bits per heavy atom. The third-order valence-electron chi connectivity index (χ3n) is 2.72. The molecule has 0 amide bonds. The molecule has 1 aliphatic carbocycles. The molecule has 0 bridgehead atoms. The van der Waals surface area contributed by atoms with Crippen molar-refractivity contribution in [2.45, 2.75) is 18.8 Å². The molecule has 1 saturated carbocycles. The number of aromatic nitrogens is 2. The molecule has 0 saturated heterocycles. The van der Waals surface area contributed by atoms with E-state index in [0.717, 1.165) is 18.7 Å². The molecule has 1 aromatic rings. The standard InChI is InChI=1S/C12H20N4O3/c1-17-4-5-18-6-7-19-11-8-10(16-13)14-12(15-11)9-2-3-9/h8-9H,2-7,13H2,1H3,(H,14,15,16). The van der Waals surface area contributed by atoms with Gasteiger partial charge in [-0.05, 0) is 12.8 Å². The van der Waals surface area contributed by atoms with Crippen molar-refractivity contribution in [1.82, 2.24) is 9.97 Å². The average molecular weight is 268 g/mol. The van der Waals surface area contributed by atoms with E-state index in [1.54, 1.807) is 13.2 Å². The zero-order valence-electron chi connectivity index (χ0n) is 11.1. The van der Waals surface area contributed by atoms with E-state index in [1.807, 2.05) is 0 Å². The van der Waals surface area contributed by atoms with Gasteiger partial charge in [0, 0.05) is 19.1 Å². The molecule has 1 heterocycles. The number of hydrogen-bond acceptors (Lipinski definition) is 7. The Morgan fingerprint density at radius 1 is 1.26 bits per heavy atom. The van der Waals surface area contributed by atoms with E-state index in [0.29, 0.717) is 44.0 Å². The van der Waals surface area contributed by atoms with Gasteiger partial charge in [-0.25, -0.2) is 10.8 Å². The van der Waals surface area contributed by atoms with Crippen molar-refractivity contribution in [3.05, 3.63) is 11.9 Å². The van der Waals surface area contributed by atoms with Gasteiger partial charge in [0.05, 0.1) is 19.8 Å². The molecule has 0 atom stereocenters. The van der Waals surface area contributed by atoms with Crippen LogP contribution in [0.5, 0.6) is 5.88 Å². The number of nitrogens with one attached hydrogen (secondary N) is 1. The van der Waals surface area contributed by atoms with E-state index in [-0.39, 0.29) is 0 Å². The number of methoxy groups -OCH3 is 1. The minimum atomic E-state index is 0.439. The van der Waals surface area contributed by atoms with Crippen LogP contribution in [0, 0.1) is 0 Å². The fourth-order valence-electron chi connectivity index (χ4n) is 1.56. The number of nitrogens with two attached hydrogens (primary N) is 1. The Balaban J connectivity index is 1.80. The summed E-state index contributed by atoms with van der Waals surface area (Å²) in [6, 6.07) is 1.68. The molecular weight excluding hydrogens is 248 g/mol. The highest BCUT2D eigenvalue weighted by Crippen LogP contribution is 2.38. The number of anilines is 1. The molecule has 1 aromatic heterocycles. The van der Waals surface area contributed by atoms with Gasteiger partial charge in [-0.3, -0.25) is 0 Å². The van der Waals surface area contributed by atoms with Crippen molar-refractivity contribution < 1.29 is 14.2 Å². The van der Waals surface area contributed by atoms with Crippen molar-refractivity contribution in [1.29, 1.82) is 0 Å². The van der Waals surface area contributed by atoms with Gasteiger partial charge in [-0.15, -0.1) is 0 Å². The van der Waals surface area contributed by atoms with Crippen LogP contribution in [0.25, 0.3) is 0 Å². The van der Waals surface area contributed by atoms with Gasteiger partial charge in [0.1, 0.15) is 18.2 Å². The first kappa shape index (κ1) is 14.0. The first-order valence-electron chi connectivity index (χ1n) is 6.38. The molecule has 0 radical (unpaired) electrons. The quantitative estimate of drug-likeness (QED) is 0.386. The SMILES string of the molecule is COCCOCCOc1cc(NN)nc(C2CC2)n1. The van der Waals surface area contributed by atoms with Crippen molar-refractivity contribution >= 4 is 5.82 Å². The topological polar surface area (TPSA) is 91.5 Å². The molecule has 7 nitrogen and oxygen atoms in total. The highest BCUT2D eigenvalue weighted by Gasteiger charge is 2.27. The van der Waals surface area contributed by atoms with Crippen molar-refractivity contribution in [3.8, 4) is 5.88 Å². The Morgan fingerprint density at radius 2 is 2.05 bits per heavy atom. The molecule has 0 aliphatic heterocycles. The normalized spacial score (nSPS) is 14.4. The average Bonchev–Trinajstić information content (AvgIpc) is 3.27. The van der Waals surface area contributed by atoms with Crippen LogP contribution in [0.4, 0.5) is 5.82 Å². The van der Waals surface area contributed by atoms with E-state index in [2.05, 4.69) is 15.4 Å². The second kappa shape index (κ2) is 7.22. The van der Waals surface area contributed by atoms with Crippen molar-refractivity contribution in [2.75, 3.05) is 39.0 Å². The summed E-state index contributed by atoms with van der Waals surface area (Å²) in [5, 5.41) is 0. The smallest absolute Gasteiger partial charge is 0.218 e. The van der Waals surface area contributed by atoms with Crippen LogP contribution in [-0.2, 0) is 9.47 Å². The van der Waals surface area contributed by atoms with Crippen LogP contribution in [0.1, 0.15) is 24.6 Å². The maximum absolute atomic E-state index is 5.53. The Labute approximate surface area is 112 Å². The number of hydrogen-bond donors (Lipinski definition) is 2. The predicted molar refractivity (Wildman–Crippen MR) is 70.0 cm³/mol. The first-order chi connectivity index (χ1) is 9.33. The Bertz CT molecular complexity index is 399. The van der Waals surface area contributed by atoms with E-state index >= 15 is 0 Å². The van der Waals surface area contributed by atoms with Gasteiger partial charge in [-0.1, -0.05) is 0 Å². The number of rotatable bonds is 9. The molecule has 7 heteroatoms. The minimum Gasteiger partial charge on any atom is -0.475 e. The van der Waals surface area contributed by atoms with E-state index in [1.165, 1.54) is 0 Å². The van der Waals surface area contributed by atoms with Gasteiger partial charge in [0.2, 0.25) is 5.88 Å². The lowest BCUT2D eigenvalue weighted by Gasteiger charge is -2.09. The summed E-state index contributed by atoms with van der Waals surface area (Å²) in [6.07, 6.45) is 2.27. The maximum Gasteiger partial charge on any atom is 0.218 e. The molecule has 0 unspecified atom stereocenters. The highest BCUT2D eigenvalue weighted by atomic mass is 16.5. The van der Waals surface area contributed by atoms with Gasteiger partial charge in [0.15, 0.2) is 0 Å². The van der Waals surface area contributed by atoms with E-state index < -0.39 is 0 Å². The summed E-state index contributed by atoms with van der Waals surface area (Å²) in [5.74, 6) is 7.74. The molecule has 2 rings (SSSR count). The highest BCUT2D eigenvalue weighted by molar-refractivity contribution is 5.38. The third-order valence-corrected chi connectivity index (χ3v) is 2.72. The largest absolute Gasteiger partial charge is 0.475 e. The lowest BCUT2D eigenvalue weighted by molar-refractivity contribution is 0.0536. The Hall–Kier alpha value is -1.44. The second-order valence-electron chi connectivity index (χ2n) is 4.32. The van der Waals surface area contributed by atoms with Crippen LogP contribution in [0.3, 0.4) is 0 Å². The number of nitrogens with zero attached hydrogens (tertiary/aromatic N) is 2. The zero-order valence-corrected chi connectivity index (χ0v) is 11.1. The maximum atomic E-state index is 5.53. The summed E-state index contributed by atoms with van der Waals surface area (Å²) in [7, 11) is 1.64. The lowest BCUT2D eigenvalue weighted by atomic mass is 10.4. The second-order valence-corrected chi connectivity index (χ2v) is 4.32. The summed E-state index contributed by atoms with van der Waals surface area (Å²) in [4.78, 5) is 8.68. The van der Waals surface area contributed by atoms with Crippen molar-refractivity contribution in [3.63, 3.8) is 0 Å². The van der Waals surface area contributed by atoms with Crippen LogP contribution in [0.15, 0.2) is 6.07 Å². The summed E-state index contributed by atoms with van der Waals surface area (Å²) >= 11 is 0. The van der Waals surface area contributed by atoms with Gasteiger partial charge >= 0.3 is 0 Å². The number of hydrazine groups is 1. The number of nitrogen functional groups attached to an aromatic ring is 1. The molecule has 106 valence electrons. The Kier molecular flexibility index (Phi) is 5.31. The van der Waals surface area contributed by atoms with Gasteiger partial charge in [-0.2, -0.15) is 4.98 Å². The molecule has 19 heavy (non-hydrogen) atoms. The van der Waals surface area contributed by atoms with Gasteiger partial charge < -0.3 is 19.6 Å². The predicted octanol–water partition coefficient (Wildman–Crippen LogP) is 0.681. The molecular formula is C12H20N4O3. The third kappa shape index (κ3) is 4.62. The molecule has 1 fully saturated rings. The lowest BCUT2D eigenvalue weighted by Crippen LogP contribution is -2.13. The summed E-state index contributed by atoms with van der Waals surface area (Å²) in [5.41, 5.74) is 2.53. The minimum absolute atomic E-state index is 0.439. The number of ether oxygens (including phenoxy) is 3. The monoisotopic (exact) mass is 268 g/mol. The van der Waals surface area contributed by atoms with E-state index in [4.69, 9.17) is 20.1 Å². The van der Waals surface area contributed by atoms with E-state index in [9.17, 15) is 0 Å². The summed E-state index contributed by atoms with van der Waals surface area (Å²) in [6.45, 7) is 2.08. The zero-order chi connectivity index (χ0) is 13.5.